The molecular weight excluding hydrogens is 254 g/mol. The van der Waals surface area contributed by atoms with Gasteiger partial charge in [-0.15, -0.1) is 13.2 Å². The van der Waals surface area contributed by atoms with Crippen LogP contribution in [0.2, 0.25) is 0 Å². The van der Waals surface area contributed by atoms with Crippen molar-refractivity contribution in [2.45, 2.75) is 13.3 Å². The van der Waals surface area contributed by atoms with Gasteiger partial charge in [-0.25, -0.2) is 0 Å². The van der Waals surface area contributed by atoms with Crippen molar-refractivity contribution >= 4 is 5.71 Å². The Balaban J connectivity index is 0.00000106. The van der Waals surface area contributed by atoms with Gasteiger partial charge < -0.3 is 0 Å². The summed E-state index contributed by atoms with van der Waals surface area (Å²) in [5, 5.41) is 0. The van der Waals surface area contributed by atoms with Crippen molar-refractivity contribution in [3.8, 4) is 0 Å². The maximum absolute atomic E-state index is 4.42. The average Bonchev–Trinajstić information content (AvgIpc) is 2.57. The van der Waals surface area contributed by atoms with E-state index in [0.717, 1.165) is 12.1 Å². The van der Waals surface area contributed by atoms with Crippen molar-refractivity contribution in [2.24, 2.45) is 4.99 Å². The molecule has 0 saturated carbocycles. The second kappa shape index (κ2) is 9.49. The minimum Gasteiger partial charge on any atom is -0.288 e. The molecule has 0 bridgehead atoms. The van der Waals surface area contributed by atoms with E-state index >= 15 is 0 Å². The van der Waals surface area contributed by atoms with Crippen molar-refractivity contribution in [1.82, 2.24) is 0 Å². The predicted octanol–water partition coefficient (Wildman–Crippen LogP) is 5.10. The van der Waals surface area contributed by atoms with Crippen molar-refractivity contribution in [3.05, 3.63) is 96.6 Å². The van der Waals surface area contributed by atoms with Crippen LogP contribution in [0.1, 0.15) is 18.1 Å². The summed E-state index contributed by atoms with van der Waals surface area (Å²) >= 11 is 0. The molecule has 2 rings (SSSR count). The number of aliphatic imine (C=N–C) groups is 1. The molecular formula is C20H23N. The van der Waals surface area contributed by atoms with E-state index < -0.39 is 0 Å². The van der Waals surface area contributed by atoms with E-state index in [4.69, 9.17) is 0 Å². The standard InChI is InChI=1S/C18H19N.C2H4/c1-15(13-14-16-9-5-3-6-10-16)18(19-2)17-11-7-4-8-12-17;1-2/h3-13H,14H2,1-2H3;1-2H2/b15-13-,19-18?;. The van der Waals surface area contributed by atoms with Gasteiger partial charge >= 0.3 is 0 Å². The first-order valence-electron chi connectivity index (χ1n) is 7.04. The zero-order valence-corrected chi connectivity index (χ0v) is 12.9. The van der Waals surface area contributed by atoms with Gasteiger partial charge in [0.2, 0.25) is 0 Å². The fraction of sp³-hybridized carbons (Fsp3) is 0.150. The zero-order valence-electron chi connectivity index (χ0n) is 12.9. The van der Waals surface area contributed by atoms with Gasteiger partial charge in [0.25, 0.3) is 0 Å². The molecule has 0 atom stereocenters. The number of rotatable bonds is 4. The Kier molecular flexibility index (Phi) is 7.52. The maximum Gasteiger partial charge on any atom is 0.0669 e. The Bertz CT molecular complexity index is 580. The highest BCUT2D eigenvalue weighted by atomic mass is 14.7. The minimum absolute atomic E-state index is 0.943. The number of allylic oxidation sites excluding steroid dienone is 2. The van der Waals surface area contributed by atoms with E-state index in [-0.39, 0.29) is 0 Å². The Morgan fingerprint density at radius 2 is 1.48 bits per heavy atom. The van der Waals surface area contributed by atoms with Gasteiger partial charge in [-0.2, -0.15) is 0 Å². The smallest absolute Gasteiger partial charge is 0.0669 e. The van der Waals surface area contributed by atoms with Crippen LogP contribution in [0.5, 0.6) is 0 Å². The highest BCUT2D eigenvalue weighted by Crippen LogP contribution is 2.11. The van der Waals surface area contributed by atoms with Crippen LogP contribution in [0.3, 0.4) is 0 Å². The summed E-state index contributed by atoms with van der Waals surface area (Å²) in [4.78, 5) is 4.42. The normalized spacial score (nSPS) is 11.5. The minimum atomic E-state index is 0.943. The van der Waals surface area contributed by atoms with Crippen LogP contribution in [0.15, 0.2) is 90.5 Å². The van der Waals surface area contributed by atoms with Gasteiger partial charge in [0.15, 0.2) is 0 Å². The first-order chi connectivity index (χ1) is 10.3. The Hall–Kier alpha value is -2.41. The number of nitrogens with zero attached hydrogens (tertiary/aromatic N) is 1. The first-order valence-corrected chi connectivity index (χ1v) is 7.04. The van der Waals surface area contributed by atoms with Crippen LogP contribution < -0.4 is 0 Å². The van der Waals surface area contributed by atoms with Crippen molar-refractivity contribution < 1.29 is 0 Å². The third kappa shape index (κ3) is 5.23. The summed E-state index contributed by atoms with van der Waals surface area (Å²) in [5.74, 6) is 0. The van der Waals surface area contributed by atoms with E-state index in [1.165, 1.54) is 16.7 Å². The molecule has 0 amide bonds. The Labute approximate surface area is 128 Å². The van der Waals surface area contributed by atoms with Gasteiger partial charge in [0, 0.05) is 7.05 Å². The predicted molar refractivity (Wildman–Crippen MR) is 94.1 cm³/mol. The third-order valence-corrected chi connectivity index (χ3v) is 3.13. The number of hydrogen-bond acceptors (Lipinski definition) is 1. The molecule has 0 unspecified atom stereocenters. The van der Waals surface area contributed by atoms with Crippen LogP contribution in [0, 0.1) is 0 Å². The van der Waals surface area contributed by atoms with Crippen LogP contribution in [0.25, 0.3) is 0 Å². The van der Waals surface area contributed by atoms with E-state index in [2.05, 4.69) is 67.5 Å². The molecule has 0 aliphatic heterocycles. The van der Waals surface area contributed by atoms with E-state index in [1.807, 2.05) is 31.3 Å². The number of hydrogen-bond donors (Lipinski definition) is 0. The quantitative estimate of drug-likeness (QED) is 0.545. The van der Waals surface area contributed by atoms with E-state index in [1.54, 1.807) is 0 Å². The molecule has 2 aromatic carbocycles. The van der Waals surface area contributed by atoms with Gasteiger partial charge in [0.05, 0.1) is 5.71 Å². The SMILES string of the molecule is C=C.CN=C(/C(C)=C\Cc1ccccc1)c1ccccc1. The molecule has 1 nitrogen and oxygen atoms in total. The van der Waals surface area contributed by atoms with E-state index in [0.29, 0.717) is 0 Å². The monoisotopic (exact) mass is 277 g/mol. The average molecular weight is 277 g/mol. The van der Waals surface area contributed by atoms with Crippen molar-refractivity contribution in [1.29, 1.82) is 0 Å². The second-order valence-corrected chi connectivity index (χ2v) is 4.52. The first kappa shape index (κ1) is 16.6. The van der Waals surface area contributed by atoms with Crippen molar-refractivity contribution in [2.75, 3.05) is 7.05 Å². The molecule has 108 valence electrons. The Morgan fingerprint density at radius 1 is 0.952 bits per heavy atom. The molecule has 0 spiro atoms. The molecule has 0 N–H and O–H groups in total. The molecule has 1 heteroatoms. The molecule has 0 radical (unpaired) electrons. The fourth-order valence-corrected chi connectivity index (χ4v) is 2.11. The maximum atomic E-state index is 4.42. The second-order valence-electron chi connectivity index (χ2n) is 4.52. The molecule has 0 saturated heterocycles. The van der Waals surface area contributed by atoms with Crippen molar-refractivity contribution in [3.63, 3.8) is 0 Å². The van der Waals surface area contributed by atoms with Crippen LogP contribution >= 0.6 is 0 Å². The topological polar surface area (TPSA) is 12.4 Å². The summed E-state index contributed by atoms with van der Waals surface area (Å²) < 4.78 is 0. The van der Waals surface area contributed by atoms with Gasteiger partial charge in [-0.3, -0.25) is 4.99 Å². The van der Waals surface area contributed by atoms with E-state index in [9.17, 15) is 0 Å². The third-order valence-electron chi connectivity index (χ3n) is 3.13. The van der Waals surface area contributed by atoms with Crippen LogP contribution in [-0.2, 0) is 6.42 Å². The Morgan fingerprint density at radius 3 is 2.00 bits per heavy atom. The lowest BCUT2D eigenvalue weighted by molar-refractivity contribution is 1.24. The lowest BCUT2D eigenvalue weighted by Gasteiger charge is -2.06. The molecule has 0 aromatic heterocycles. The highest BCUT2D eigenvalue weighted by Gasteiger charge is 2.03. The largest absolute Gasteiger partial charge is 0.288 e. The summed E-state index contributed by atoms with van der Waals surface area (Å²) in [7, 11) is 1.85. The summed E-state index contributed by atoms with van der Waals surface area (Å²) in [6.07, 6.45) is 3.18. The molecule has 21 heavy (non-hydrogen) atoms. The molecule has 0 heterocycles. The number of benzene rings is 2. The molecule has 0 aliphatic rings. The van der Waals surface area contributed by atoms with Crippen LogP contribution in [-0.4, -0.2) is 12.8 Å². The molecule has 0 aliphatic carbocycles. The fourth-order valence-electron chi connectivity index (χ4n) is 2.11. The summed E-state index contributed by atoms with van der Waals surface area (Å²) in [6.45, 7) is 8.12. The lowest BCUT2D eigenvalue weighted by Crippen LogP contribution is -2.02. The summed E-state index contributed by atoms with van der Waals surface area (Å²) in [5.41, 5.74) is 4.78. The molecule has 0 fully saturated rings. The summed E-state index contributed by atoms with van der Waals surface area (Å²) in [6, 6.07) is 20.8. The zero-order chi connectivity index (χ0) is 15.5. The van der Waals surface area contributed by atoms with Crippen LogP contribution in [0.4, 0.5) is 0 Å². The lowest BCUT2D eigenvalue weighted by atomic mass is 10.0. The van der Waals surface area contributed by atoms with Gasteiger partial charge in [0.1, 0.15) is 0 Å². The highest BCUT2D eigenvalue weighted by molar-refractivity contribution is 6.12. The molecule has 2 aromatic rings. The van der Waals surface area contributed by atoms with Gasteiger partial charge in [-0.1, -0.05) is 66.7 Å². The van der Waals surface area contributed by atoms with Gasteiger partial charge in [-0.05, 0) is 30.0 Å².